The maximum atomic E-state index is 13.0. The summed E-state index contributed by atoms with van der Waals surface area (Å²) in [6.45, 7) is 2.99. The quantitative estimate of drug-likeness (QED) is 0.573. The van der Waals surface area contributed by atoms with Crippen LogP contribution in [-0.2, 0) is 4.74 Å². The van der Waals surface area contributed by atoms with Crippen molar-refractivity contribution in [3.05, 3.63) is 40.9 Å². The third-order valence-corrected chi connectivity index (χ3v) is 5.39. The molecule has 30 heavy (non-hydrogen) atoms. The molecular formula is C19H18ClN5O4S. The Morgan fingerprint density at radius 1 is 1.37 bits per heavy atom. The smallest absolute Gasteiger partial charge is 0.296 e. The minimum absolute atomic E-state index is 0.0462. The van der Waals surface area contributed by atoms with E-state index in [0.717, 1.165) is 17.8 Å². The molecule has 0 bridgehead atoms. The lowest BCUT2D eigenvalue weighted by molar-refractivity contribution is 0.102. The van der Waals surface area contributed by atoms with Gasteiger partial charge in [-0.05, 0) is 36.0 Å². The number of carbonyl (C=O) groups is 1. The van der Waals surface area contributed by atoms with E-state index in [2.05, 4.69) is 25.5 Å². The van der Waals surface area contributed by atoms with Gasteiger partial charge in [0.2, 0.25) is 5.13 Å². The third-order valence-electron chi connectivity index (χ3n) is 4.46. The molecule has 1 N–H and O–H groups in total. The number of halogens is 1. The fourth-order valence-corrected chi connectivity index (χ4v) is 3.91. The lowest BCUT2D eigenvalue weighted by Crippen LogP contribution is -2.15. The van der Waals surface area contributed by atoms with Crippen molar-refractivity contribution >= 4 is 34.0 Å². The molecule has 0 unspecified atom stereocenters. The van der Waals surface area contributed by atoms with Crippen LogP contribution in [0.2, 0.25) is 5.15 Å². The summed E-state index contributed by atoms with van der Waals surface area (Å²) >= 11 is 7.20. The molecule has 11 heteroatoms. The molecule has 0 radical (unpaired) electrons. The fourth-order valence-electron chi connectivity index (χ4n) is 3.08. The molecule has 0 saturated carbocycles. The van der Waals surface area contributed by atoms with E-state index in [1.807, 2.05) is 0 Å². The van der Waals surface area contributed by atoms with Crippen LogP contribution in [0.5, 0.6) is 10.9 Å². The zero-order valence-electron chi connectivity index (χ0n) is 16.2. The van der Waals surface area contributed by atoms with Gasteiger partial charge < -0.3 is 14.2 Å². The summed E-state index contributed by atoms with van der Waals surface area (Å²) in [5, 5.41) is 11.7. The van der Waals surface area contributed by atoms with Gasteiger partial charge in [0, 0.05) is 24.4 Å². The number of hydrogen-bond donors (Lipinski definition) is 1. The first-order valence-electron chi connectivity index (χ1n) is 9.10. The van der Waals surface area contributed by atoms with Crippen molar-refractivity contribution in [2.45, 2.75) is 19.4 Å². The number of aryl methyl sites for hydroxylation is 1. The summed E-state index contributed by atoms with van der Waals surface area (Å²) in [5.74, 6) is 0.0723. The summed E-state index contributed by atoms with van der Waals surface area (Å²) in [6, 6.07) is 3.41. The highest BCUT2D eigenvalue weighted by Crippen LogP contribution is 2.36. The molecule has 4 heterocycles. The van der Waals surface area contributed by atoms with E-state index in [4.69, 9.17) is 25.8 Å². The van der Waals surface area contributed by atoms with E-state index in [9.17, 15) is 4.79 Å². The number of methoxy groups -OCH3 is 1. The number of aromatic nitrogens is 4. The van der Waals surface area contributed by atoms with E-state index in [1.165, 1.54) is 13.3 Å². The lowest BCUT2D eigenvalue weighted by Gasteiger charge is -2.15. The van der Waals surface area contributed by atoms with Gasteiger partial charge in [-0.25, -0.2) is 4.98 Å². The highest BCUT2D eigenvalue weighted by molar-refractivity contribution is 7.17. The minimum Gasteiger partial charge on any atom is -0.494 e. The molecule has 156 valence electrons. The van der Waals surface area contributed by atoms with Crippen molar-refractivity contribution < 1.29 is 19.0 Å². The van der Waals surface area contributed by atoms with E-state index in [-0.39, 0.29) is 6.10 Å². The molecule has 1 aliphatic rings. The Morgan fingerprint density at radius 3 is 2.97 bits per heavy atom. The highest BCUT2D eigenvalue weighted by atomic mass is 35.5. The van der Waals surface area contributed by atoms with E-state index in [1.54, 1.807) is 25.3 Å². The molecule has 0 aromatic carbocycles. The Morgan fingerprint density at radius 2 is 2.23 bits per heavy atom. The normalized spacial score (nSPS) is 15.8. The van der Waals surface area contributed by atoms with E-state index in [0.29, 0.717) is 56.8 Å². The first-order valence-corrected chi connectivity index (χ1v) is 10.3. The Hall–Kier alpha value is -2.82. The first-order chi connectivity index (χ1) is 14.5. The molecule has 1 amide bonds. The molecule has 3 aromatic heterocycles. The summed E-state index contributed by atoms with van der Waals surface area (Å²) < 4.78 is 16.5. The lowest BCUT2D eigenvalue weighted by atomic mass is 9.99. The maximum absolute atomic E-state index is 13.0. The number of anilines is 1. The number of carbonyl (C=O) groups excluding carboxylic acids is 1. The monoisotopic (exact) mass is 447 g/mol. The Balaban J connectivity index is 1.62. The number of amides is 1. The van der Waals surface area contributed by atoms with Crippen molar-refractivity contribution in [2.24, 2.45) is 0 Å². The predicted octanol–water partition coefficient (Wildman–Crippen LogP) is 3.39. The van der Waals surface area contributed by atoms with Crippen molar-refractivity contribution in [1.82, 2.24) is 20.2 Å². The van der Waals surface area contributed by atoms with Crippen molar-refractivity contribution in [1.29, 1.82) is 0 Å². The van der Waals surface area contributed by atoms with Gasteiger partial charge in [0.25, 0.3) is 11.1 Å². The molecule has 0 spiro atoms. The molecule has 3 aromatic rings. The van der Waals surface area contributed by atoms with E-state index >= 15 is 0 Å². The second-order valence-electron chi connectivity index (χ2n) is 6.46. The van der Waals surface area contributed by atoms with Gasteiger partial charge in [-0.2, -0.15) is 0 Å². The van der Waals surface area contributed by atoms with Crippen LogP contribution in [0.4, 0.5) is 5.13 Å². The van der Waals surface area contributed by atoms with Crippen LogP contribution in [0.25, 0.3) is 11.1 Å². The Bertz CT molecular complexity index is 1070. The molecule has 1 fully saturated rings. The highest BCUT2D eigenvalue weighted by Gasteiger charge is 2.23. The van der Waals surface area contributed by atoms with Crippen LogP contribution in [0.1, 0.15) is 22.5 Å². The second-order valence-corrected chi connectivity index (χ2v) is 7.79. The van der Waals surface area contributed by atoms with Crippen LogP contribution >= 0.6 is 22.9 Å². The van der Waals surface area contributed by atoms with Crippen LogP contribution in [0.3, 0.4) is 0 Å². The largest absolute Gasteiger partial charge is 0.494 e. The maximum Gasteiger partial charge on any atom is 0.296 e. The second kappa shape index (κ2) is 8.90. The number of hydrogen-bond acceptors (Lipinski definition) is 9. The van der Waals surface area contributed by atoms with Crippen LogP contribution in [0.15, 0.2) is 24.5 Å². The minimum atomic E-state index is -0.407. The summed E-state index contributed by atoms with van der Waals surface area (Å²) in [7, 11) is 1.53. The fraction of sp³-hybridized carbons (Fsp3) is 0.316. The summed E-state index contributed by atoms with van der Waals surface area (Å²) in [5.41, 5.74) is 2.20. The number of nitrogens with one attached hydrogen (secondary N) is 1. The van der Waals surface area contributed by atoms with Crippen molar-refractivity contribution in [3.63, 3.8) is 0 Å². The third kappa shape index (κ3) is 4.35. The molecule has 4 rings (SSSR count). The van der Waals surface area contributed by atoms with Gasteiger partial charge in [-0.15, -0.1) is 5.10 Å². The molecule has 1 saturated heterocycles. The average molecular weight is 448 g/mol. The zero-order valence-corrected chi connectivity index (χ0v) is 17.8. The molecule has 0 aliphatic carbocycles. The van der Waals surface area contributed by atoms with Crippen LogP contribution in [-0.4, -0.2) is 52.5 Å². The molecule has 9 nitrogen and oxygen atoms in total. The summed E-state index contributed by atoms with van der Waals surface area (Å²) in [4.78, 5) is 21.3. The SMILES string of the molecule is COc1c(C)ncc(C(=O)Nc2nnc(O[C@@H]3CCOC3)s2)c1-c1ccnc(Cl)c1. The van der Waals surface area contributed by atoms with Gasteiger partial charge in [-0.1, -0.05) is 16.7 Å². The first kappa shape index (κ1) is 20.5. The average Bonchev–Trinajstić information content (AvgIpc) is 3.40. The van der Waals surface area contributed by atoms with Crippen molar-refractivity contribution in [2.75, 3.05) is 25.6 Å². The standard InChI is InChI=1S/C19H18ClN5O4S/c1-10-16(27-2)15(11-3-5-21-14(20)7-11)13(8-22-10)17(26)23-18-24-25-19(30-18)29-12-4-6-28-9-12/h3,5,7-8,12H,4,6,9H2,1-2H3,(H,23,24,26)/t12-/m1/s1. The van der Waals surface area contributed by atoms with Gasteiger partial charge in [0.1, 0.15) is 17.0 Å². The zero-order chi connectivity index (χ0) is 21.1. The van der Waals surface area contributed by atoms with Crippen LogP contribution in [0, 0.1) is 6.92 Å². The number of nitrogens with zero attached hydrogens (tertiary/aromatic N) is 4. The van der Waals surface area contributed by atoms with Gasteiger partial charge >= 0.3 is 0 Å². The van der Waals surface area contributed by atoms with Gasteiger partial charge in [0.15, 0.2) is 0 Å². The number of ether oxygens (including phenoxy) is 3. The Kier molecular flexibility index (Phi) is 6.07. The van der Waals surface area contributed by atoms with Gasteiger partial charge in [0.05, 0.1) is 31.6 Å². The summed E-state index contributed by atoms with van der Waals surface area (Å²) in [6.07, 6.45) is 3.81. The van der Waals surface area contributed by atoms with E-state index < -0.39 is 5.91 Å². The topological polar surface area (TPSA) is 108 Å². The molecule has 1 atom stereocenters. The van der Waals surface area contributed by atoms with Crippen molar-refractivity contribution in [3.8, 4) is 22.1 Å². The van der Waals surface area contributed by atoms with Gasteiger partial charge in [-0.3, -0.25) is 15.1 Å². The predicted molar refractivity (Wildman–Crippen MR) is 111 cm³/mol. The molecule has 1 aliphatic heterocycles. The molecular weight excluding hydrogens is 430 g/mol. The van der Waals surface area contributed by atoms with Crippen LogP contribution < -0.4 is 14.8 Å². The number of pyridine rings is 2. The Labute approximate surface area is 181 Å². The number of rotatable bonds is 6.